The molecule has 27 heavy (non-hydrogen) atoms. The fourth-order valence-corrected chi connectivity index (χ4v) is 3.07. The summed E-state index contributed by atoms with van der Waals surface area (Å²) in [7, 11) is 2.09. The van der Waals surface area contributed by atoms with Crippen molar-refractivity contribution in [3.05, 3.63) is 83.9 Å². The Morgan fingerprint density at radius 2 is 2.11 bits per heavy atom. The standard InChI is InChI=1S/C24H35N3/c1-7-22-23(21-15-16-21)18-25-27(8-2)24(22)14-9-10-17-26(6)20(5)13-11-12-19(3)4/h7,9,11-14,18,21,25H,1,5,8,10,15-17H2,2-4,6H3/b13-11-,14-9-. The van der Waals surface area contributed by atoms with E-state index in [9.17, 15) is 0 Å². The van der Waals surface area contributed by atoms with Gasteiger partial charge in [-0.15, -0.1) is 0 Å². The van der Waals surface area contributed by atoms with Gasteiger partial charge in [-0.25, -0.2) is 0 Å². The van der Waals surface area contributed by atoms with E-state index in [0.717, 1.165) is 25.2 Å². The third-order valence-electron chi connectivity index (χ3n) is 4.91. The normalized spacial score (nSPS) is 17.2. The molecule has 1 aliphatic carbocycles. The van der Waals surface area contributed by atoms with E-state index in [0.29, 0.717) is 5.92 Å². The van der Waals surface area contributed by atoms with E-state index in [1.807, 2.05) is 6.08 Å². The highest BCUT2D eigenvalue weighted by Gasteiger charge is 2.30. The van der Waals surface area contributed by atoms with Crippen molar-refractivity contribution in [1.82, 2.24) is 15.3 Å². The third-order valence-corrected chi connectivity index (χ3v) is 4.91. The Bertz CT molecular complexity index is 695. The van der Waals surface area contributed by atoms with E-state index < -0.39 is 0 Å². The number of allylic oxidation sites excluding steroid dienone is 8. The van der Waals surface area contributed by atoms with Gasteiger partial charge in [0.25, 0.3) is 0 Å². The summed E-state index contributed by atoms with van der Waals surface area (Å²) in [5, 5.41) is 2.18. The first-order valence-corrected chi connectivity index (χ1v) is 9.96. The molecule has 1 heterocycles. The molecule has 1 saturated carbocycles. The van der Waals surface area contributed by atoms with E-state index in [1.165, 1.54) is 35.3 Å². The maximum absolute atomic E-state index is 4.14. The van der Waals surface area contributed by atoms with Gasteiger partial charge in [0.15, 0.2) is 0 Å². The van der Waals surface area contributed by atoms with Crippen LogP contribution in [0.25, 0.3) is 0 Å². The van der Waals surface area contributed by atoms with Gasteiger partial charge in [0.1, 0.15) is 0 Å². The van der Waals surface area contributed by atoms with Gasteiger partial charge in [0, 0.05) is 37.6 Å². The predicted octanol–water partition coefficient (Wildman–Crippen LogP) is 5.47. The highest BCUT2D eigenvalue weighted by molar-refractivity contribution is 5.49. The van der Waals surface area contributed by atoms with Gasteiger partial charge in [-0.2, -0.15) is 0 Å². The van der Waals surface area contributed by atoms with Crippen LogP contribution in [0.4, 0.5) is 0 Å². The Hall–Kier alpha value is -2.42. The summed E-state index contributed by atoms with van der Waals surface area (Å²) in [6, 6.07) is 0. The molecule has 2 aliphatic rings. The van der Waals surface area contributed by atoms with Crippen molar-refractivity contribution < 1.29 is 0 Å². The van der Waals surface area contributed by atoms with Gasteiger partial charge in [-0.3, -0.25) is 5.01 Å². The molecule has 0 spiro atoms. The molecule has 146 valence electrons. The van der Waals surface area contributed by atoms with E-state index >= 15 is 0 Å². The van der Waals surface area contributed by atoms with Gasteiger partial charge >= 0.3 is 0 Å². The van der Waals surface area contributed by atoms with E-state index in [-0.39, 0.29) is 0 Å². The monoisotopic (exact) mass is 365 g/mol. The molecule has 0 atom stereocenters. The number of hydrogen-bond donors (Lipinski definition) is 1. The van der Waals surface area contributed by atoms with Crippen LogP contribution in [0.15, 0.2) is 83.9 Å². The molecular formula is C24H35N3. The number of hydrazine groups is 1. The minimum atomic E-state index is 0.704. The van der Waals surface area contributed by atoms with Crippen molar-refractivity contribution in [2.24, 2.45) is 5.92 Å². The molecule has 0 amide bonds. The van der Waals surface area contributed by atoms with E-state index in [1.54, 1.807) is 0 Å². The maximum Gasteiger partial charge on any atom is 0.0643 e. The molecule has 0 radical (unpaired) electrons. The first kappa shape index (κ1) is 20.9. The lowest BCUT2D eigenvalue weighted by Gasteiger charge is -2.31. The number of rotatable bonds is 10. The minimum absolute atomic E-state index is 0.704. The van der Waals surface area contributed by atoms with Crippen LogP contribution in [0.5, 0.6) is 0 Å². The van der Waals surface area contributed by atoms with Crippen LogP contribution >= 0.6 is 0 Å². The number of hydrogen-bond acceptors (Lipinski definition) is 3. The minimum Gasteiger partial charge on any atom is -0.375 e. The highest BCUT2D eigenvalue weighted by atomic mass is 15.5. The zero-order valence-corrected chi connectivity index (χ0v) is 17.5. The summed E-state index contributed by atoms with van der Waals surface area (Å²) < 4.78 is 0. The Kier molecular flexibility index (Phi) is 7.78. The summed E-state index contributed by atoms with van der Waals surface area (Å²) in [6.07, 6.45) is 18.4. The molecule has 0 aromatic carbocycles. The fraction of sp³-hybridized carbons (Fsp3) is 0.417. The number of nitrogens with zero attached hydrogens (tertiary/aromatic N) is 2. The average Bonchev–Trinajstić information content (AvgIpc) is 3.48. The van der Waals surface area contributed by atoms with Crippen molar-refractivity contribution >= 4 is 0 Å². The van der Waals surface area contributed by atoms with Gasteiger partial charge < -0.3 is 10.3 Å². The number of likely N-dealkylation sites (N-methyl/N-ethyl adjacent to an activating group) is 2. The molecule has 0 aromatic rings. The highest BCUT2D eigenvalue weighted by Crippen LogP contribution is 2.42. The molecule has 3 heteroatoms. The molecule has 0 aromatic heterocycles. The lowest BCUT2D eigenvalue weighted by atomic mass is 9.98. The Morgan fingerprint density at radius 3 is 2.70 bits per heavy atom. The summed E-state index contributed by atoms with van der Waals surface area (Å²) in [6.45, 7) is 16.4. The van der Waals surface area contributed by atoms with Crippen LogP contribution < -0.4 is 5.43 Å². The van der Waals surface area contributed by atoms with Crippen LogP contribution in [-0.4, -0.2) is 30.0 Å². The van der Waals surface area contributed by atoms with E-state index in [2.05, 4.69) is 92.9 Å². The van der Waals surface area contributed by atoms with Crippen LogP contribution in [0.1, 0.15) is 40.0 Å². The fourth-order valence-electron chi connectivity index (χ4n) is 3.07. The molecule has 0 unspecified atom stereocenters. The molecule has 3 nitrogen and oxygen atoms in total. The largest absolute Gasteiger partial charge is 0.375 e. The number of nitrogens with one attached hydrogen (secondary N) is 1. The summed E-state index contributed by atoms with van der Waals surface area (Å²) in [5.74, 6) is 0.704. The zero-order chi connectivity index (χ0) is 19.8. The van der Waals surface area contributed by atoms with Gasteiger partial charge in [-0.1, -0.05) is 43.0 Å². The molecule has 1 fully saturated rings. The smallest absolute Gasteiger partial charge is 0.0643 e. The summed E-state index contributed by atoms with van der Waals surface area (Å²) in [4.78, 5) is 2.19. The third kappa shape index (κ3) is 6.06. The van der Waals surface area contributed by atoms with Crippen molar-refractivity contribution in [2.45, 2.75) is 40.0 Å². The van der Waals surface area contributed by atoms with Gasteiger partial charge in [0.2, 0.25) is 0 Å². The first-order chi connectivity index (χ1) is 13.0. The first-order valence-electron chi connectivity index (χ1n) is 9.96. The second kappa shape index (κ2) is 10.1. The van der Waals surface area contributed by atoms with Crippen LogP contribution in [-0.2, 0) is 0 Å². The molecule has 2 rings (SSSR count). The molecular weight excluding hydrogens is 330 g/mol. The quantitative estimate of drug-likeness (QED) is 0.518. The summed E-state index contributed by atoms with van der Waals surface area (Å²) in [5.41, 5.74) is 9.65. The SMILES string of the molecule is C=CC1=C(/C=C\CCN(C)C(=C)/C=C\C=C(C)C)N(CC)NC=C1C1CC1. The predicted molar refractivity (Wildman–Crippen MR) is 118 cm³/mol. The molecule has 1 N–H and O–H groups in total. The molecule has 0 saturated heterocycles. The zero-order valence-electron chi connectivity index (χ0n) is 17.5. The van der Waals surface area contributed by atoms with Crippen LogP contribution in [0.3, 0.4) is 0 Å². The van der Waals surface area contributed by atoms with Crippen molar-refractivity contribution in [3.8, 4) is 0 Å². The second-order valence-corrected chi connectivity index (χ2v) is 7.46. The average molecular weight is 366 g/mol. The maximum atomic E-state index is 4.14. The lowest BCUT2D eigenvalue weighted by molar-refractivity contribution is 0.302. The Morgan fingerprint density at radius 1 is 1.37 bits per heavy atom. The van der Waals surface area contributed by atoms with E-state index in [4.69, 9.17) is 0 Å². The van der Waals surface area contributed by atoms with Crippen molar-refractivity contribution in [1.29, 1.82) is 0 Å². The van der Waals surface area contributed by atoms with Crippen LogP contribution in [0, 0.1) is 5.92 Å². The van der Waals surface area contributed by atoms with Crippen molar-refractivity contribution in [2.75, 3.05) is 20.1 Å². The topological polar surface area (TPSA) is 18.5 Å². The Balaban J connectivity index is 1.97. The van der Waals surface area contributed by atoms with Crippen LogP contribution in [0.2, 0.25) is 0 Å². The van der Waals surface area contributed by atoms with Gasteiger partial charge in [-0.05, 0) is 63.7 Å². The molecule has 1 aliphatic heterocycles. The second-order valence-electron chi connectivity index (χ2n) is 7.46. The van der Waals surface area contributed by atoms with Crippen molar-refractivity contribution in [3.63, 3.8) is 0 Å². The summed E-state index contributed by atoms with van der Waals surface area (Å²) >= 11 is 0. The lowest BCUT2D eigenvalue weighted by Crippen LogP contribution is -2.36. The van der Waals surface area contributed by atoms with Gasteiger partial charge in [0.05, 0.1) is 5.70 Å². The Labute approximate surface area is 165 Å². The molecule has 0 bridgehead atoms.